The zero-order valence-corrected chi connectivity index (χ0v) is 12.4. The highest BCUT2D eigenvalue weighted by Gasteiger charge is 2.30. The molecule has 116 valence electrons. The Balaban J connectivity index is 1.67. The number of halogens is 1. The van der Waals surface area contributed by atoms with Gasteiger partial charge >= 0.3 is 0 Å². The van der Waals surface area contributed by atoms with Gasteiger partial charge < -0.3 is 10.2 Å². The highest BCUT2D eigenvalue weighted by Crippen LogP contribution is 2.20. The smallest absolute Gasteiger partial charge is 0.225 e. The maximum absolute atomic E-state index is 13.2. The molecule has 1 aliphatic rings. The largest absolute Gasteiger partial charge is 0.364 e. The molecule has 0 radical (unpaired) electrons. The minimum atomic E-state index is -0.309. The molecule has 23 heavy (non-hydrogen) atoms. The first-order valence-corrected chi connectivity index (χ1v) is 7.29. The Morgan fingerprint density at radius 1 is 1.39 bits per heavy atom. The summed E-state index contributed by atoms with van der Waals surface area (Å²) in [6.07, 6.45) is 1.93. The van der Waals surface area contributed by atoms with Gasteiger partial charge in [0.25, 0.3) is 0 Å². The van der Waals surface area contributed by atoms with Gasteiger partial charge in [0.05, 0.1) is 11.6 Å². The summed E-state index contributed by atoms with van der Waals surface area (Å²) in [7, 11) is 0. The number of amides is 1. The number of rotatable bonds is 4. The van der Waals surface area contributed by atoms with Gasteiger partial charge in [0.1, 0.15) is 17.7 Å². The van der Waals surface area contributed by atoms with Crippen LogP contribution in [0.15, 0.2) is 42.6 Å². The Morgan fingerprint density at radius 3 is 3.04 bits per heavy atom. The van der Waals surface area contributed by atoms with Crippen LogP contribution < -0.4 is 5.32 Å². The standard InChI is InChI=1S/C17H15FN4O/c18-14-5-1-3-12(7-14)10-22-11-15(8-16(22)23)21-17-13(9-19)4-2-6-20-17/h1-7,15H,8,10-11H2,(H,20,21). The van der Waals surface area contributed by atoms with E-state index in [1.807, 2.05) is 0 Å². The van der Waals surface area contributed by atoms with E-state index in [2.05, 4.69) is 16.4 Å². The van der Waals surface area contributed by atoms with Gasteiger partial charge in [-0.1, -0.05) is 12.1 Å². The topological polar surface area (TPSA) is 69.0 Å². The molecule has 1 N–H and O–H groups in total. The van der Waals surface area contributed by atoms with Gasteiger partial charge in [-0.2, -0.15) is 5.26 Å². The number of nitrogens with one attached hydrogen (secondary N) is 1. The molecule has 5 nitrogen and oxygen atoms in total. The van der Waals surface area contributed by atoms with E-state index in [0.29, 0.717) is 30.9 Å². The van der Waals surface area contributed by atoms with Crippen LogP contribution in [0.25, 0.3) is 0 Å². The van der Waals surface area contributed by atoms with E-state index in [0.717, 1.165) is 5.56 Å². The van der Waals surface area contributed by atoms with E-state index in [9.17, 15) is 9.18 Å². The molecule has 1 fully saturated rings. The molecular weight excluding hydrogens is 295 g/mol. The second-order valence-corrected chi connectivity index (χ2v) is 5.46. The van der Waals surface area contributed by atoms with Gasteiger partial charge in [-0.25, -0.2) is 9.37 Å². The number of pyridine rings is 1. The number of benzene rings is 1. The van der Waals surface area contributed by atoms with E-state index < -0.39 is 0 Å². The Labute approximate surface area is 133 Å². The van der Waals surface area contributed by atoms with Crippen molar-refractivity contribution in [3.8, 4) is 6.07 Å². The monoisotopic (exact) mass is 310 g/mol. The summed E-state index contributed by atoms with van der Waals surface area (Å²) in [5, 5.41) is 12.2. The van der Waals surface area contributed by atoms with Crippen molar-refractivity contribution in [1.29, 1.82) is 5.26 Å². The van der Waals surface area contributed by atoms with Gasteiger partial charge in [0.15, 0.2) is 0 Å². The summed E-state index contributed by atoms with van der Waals surface area (Å²) in [6, 6.07) is 11.6. The van der Waals surface area contributed by atoms with Crippen LogP contribution in [-0.2, 0) is 11.3 Å². The van der Waals surface area contributed by atoms with Crippen LogP contribution in [-0.4, -0.2) is 28.4 Å². The summed E-state index contributed by atoms with van der Waals surface area (Å²) >= 11 is 0. The second-order valence-electron chi connectivity index (χ2n) is 5.46. The molecule has 1 atom stereocenters. The van der Waals surface area contributed by atoms with Crippen LogP contribution in [0.2, 0.25) is 0 Å². The zero-order chi connectivity index (χ0) is 16.2. The Bertz CT molecular complexity index is 771. The summed E-state index contributed by atoms with van der Waals surface area (Å²) < 4.78 is 13.2. The van der Waals surface area contributed by atoms with Crippen molar-refractivity contribution in [3.63, 3.8) is 0 Å². The van der Waals surface area contributed by atoms with Crippen molar-refractivity contribution >= 4 is 11.7 Å². The number of hydrogen-bond acceptors (Lipinski definition) is 4. The minimum absolute atomic E-state index is 0.00111. The molecule has 1 aliphatic heterocycles. The second kappa shape index (κ2) is 6.44. The molecule has 0 aliphatic carbocycles. The average Bonchev–Trinajstić information content (AvgIpc) is 2.87. The lowest BCUT2D eigenvalue weighted by Crippen LogP contribution is -2.28. The normalized spacial score (nSPS) is 17.1. The summed E-state index contributed by atoms with van der Waals surface area (Å²) in [6.45, 7) is 0.874. The molecule has 1 unspecified atom stereocenters. The molecule has 1 amide bonds. The first-order valence-electron chi connectivity index (χ1n) is 7.29. The maximum atomic E-state index is 13.2. The lowest BCUT2D eigenvalue weighted by Gasteiger charge is -2.17. The lowest BCUT2D eigenvalue weighted by atomic mass is 10.2. The molecule has 0 spiro atoms. The van der Waals surface area contributed by atoms with Crippen molar-refractivity contribution in [2.45, 2.75) is 19.0 Å². The third kappa shape index (κ3) is 3.46. The highest BCUT2D eigenvalue weighted by atomic mass is 19.1. The number of nitrogens with zero attached hydrogens (tertiary/aromatic N) is 3. The number of anilines is 1. The van der Waals surface area contributed by atoms with Crippen molar-refractivity contribution in [3.05, 3.63) is 59.5 Å². The van der Waals surface area contributed by atoms with Crippen molar-refractivity contribution in [1.82, 2.24) is 9.88 Å². The lowest BCUT2D eigenvalue weighted by molar-refractivity contribution is -0.128. The van der Waals surface area contributed by atoms with Gasteiger partial charge in [-0.3, -0.25) is 4.79 Å². The first kappa shape index (κ1) is 15.0. The van der Waals surface area contributed by atoms with E-state index >= 15 is 0 Å². The average molecular weight is 310 g/mol. The van der Waals surface area contributed by atoms with Crippen molar-refractivity contribution in [2.75, 3.05) is 11.9 Å². The fourth-order valence-corrected chi connectivity index (χ4v) is 2.68. The fourth-order valence-electron chi connectivity index (χ4n) is 2.68. The fraction of sp³-hybridized carbons (Fsp3) is 0.235. The molecule has 0 bridgehead atoms. The molecule has 1 saturated heterocycles. The number of nitriles is 1. The summed E-state index contributed by atoms with van der Waals surface area (Å²) in [4.78, 5) is 18.0. The number of hydrogen-bond donors (Lipinski definition) is 1. The van der Waals surface area contributed by atoms with Crippen LogP contribution in [0.4, 0.5) is 10.2 Å². The third-order valence-corrected chi connectivity index (χ3v) is 3.75. The minimum Gasteiger partial charge on any atom is -0.364 e. The van der Waals surface area contributed by atoms with Crippen LogP contribution in [0, 0.1) is 17.1 Å². The SMILES string of the molecule is N#Cc1cccnc1NC1CC(=O)N(Cc2cccc(F)c2)C1. The van der Waals surface area contributed by atoms with Crippen LogP contribution in [0.1, 0.15) is 17.5 Å². The van der Waals surface area contributed by atoms with Crippen LogP contribution in [0.5, 0.6) is 0 Å². The first-order chi connectivity index (χ1) is 11.2. The number of aromatic nitrogens is 1. The molecule has 6 heteroatoms. The summed E-state index contributed by atoms with van der Waals surface area (Å²) in [5.41, 5.74) is 1.21. The Morgan fingerprint density at radius 2 is 2.26 bits per heavy atom. The molecule has 3 rings (SSSR count). The Hall–Kier alpha value is -2.94. The third-order valence-electron chi connectivity index (χ3n) is 3.75. The van der Waals surface area contributed by atoms with Crippen molar-refractivity contribution in [2.24, 2.45) is 0 Å². The van der Waals surface area contributed by atoms with E-state index in [1.54, 1.807) is 35.4 Å². The maximum Gasteiger partial charge on any atom is 0.225 e. The van der Waals surface area contributed by atoms with E-state index in [4.69, 9.17) is 5.26 Å². The zero-order valence-electron chi connectivity index (χ0n) is 12.4. The van der Waals surface area contributed by atoms with Crippen LogP contribution >= 0.6 is 0 Å². The molecule has 0 saturated carbocycles. The van der Waals surface area contributed by atoms with Gasteiger partial charge in [0, 0.05) is 25.7 Å². The van der Waals surface area contributed by atoms with Gasteiger partial charge in [-0.05, 0) is 29.8 Å². The van der Waals surface area contributed by atoms with Crippen molar-refractivity contribution < 1.29 is 9.18 Å². The quantitative estimate of drug-likeness (QED) is 0.941. The number of carbonyl (C=O) groups excluding carboxylic acids is 1. The molecule has 1 aromatic heterocycles. The molecule has 1 aromatic carbocycles. The predicted molar refractivity (Wildman–Crippen MR) is 82.8 cm³/mol. The van der Waals surface area contributed by atoms with E-state index in [-0.39, 0.29) is 17.8 Å². The molecule has 2 heterocycles. The molecular formula is C17H15FN4O. The molecule has 2 aromatic rings. The number of likely N-dealkylation sites (tertiary alicyclic amines) is 1. The summed E-state index contributed by atoms with van der Waals surface area (Å²) in [5.74, 6) is 0.178. The van der Waals surface area contributed by atoms with Crippen LogP contribution in [0.3, 0.4) is 0 Å². The Kier molecular flexibility index (Phi) is 4.20. The highest BCUT2D eigenvalue weighted by molar-refractivity contribution is 5.80. The van der Waals surface area contributed by atoms with E-state index in [1.165, 1.54) is 12.1 Å². The van der Waals surface area contributed by atoms with Gasteiger partial charge in [-0.15, -0.1) is 0 Å². The predicted octanol–water partition coefficient (Wildman–Crippen LogP) is 2.31. The number of carbonyl (C=O) groups is 1. The van der Waals surface area contributed by atoms with Gasteiger partial charge in [0.2, 0.25) is 5.91 Å².